The number of benzene rings is 3. The van der Waals surface area contributed by atoms with Crippen LogP contribution in [0, 0.1) is 0 Å². The molecule has 3 aromatic carbocycles. The van der Waals surface area contributed by atoms with Gasteiger partial charge in [0.05, 0.1) is 5.41 Å². The Labute approximate surface area is 207 Å². The normalized spacial score (nSPS) is 18.3. The van der Waals surface area contributed by atoms with E-state index >= 15 is 0 Å². The van der Waals surface area contributed by atoms with Gasteiger partial charge in [-0.1, -0.05) is 97.1 Å². The summed E-state index contributed by atoms with van der Waals surface area (Å²) in [5, 5.41) is 0. The lowest BCUT2D eigenvalue weighted by molar-refractivity contribution is 0.759. The molecule has 2 aliphatic carbocycles. The minimum absolute atomic E-state index is 0.399. The molecule has 1 heterocycles. The quantitative estimate of drug-likeness (QED) is 0.309. The first-order chi connectivity index (χ1) is 17.3. The molecule has 0 saturated carbocycles. The van der Waals surface area contributed by atoms with E-state index in [1.165, 1.54) is 44.5 Å². The van der Waals surface area contributed by atoms with Crippen molar-refractivity contribution in [2.24, 2.45) is 5.73 Å². The maximum absolute atomic E-state index is 6.33. The predicted molar refractivity (Wildman–Crippen MR) is 144 cm³/mol. The number of rotatable bonds is 5. The Kier molecular flexibility index (Phi) is 5.42. The van der Waals surface area contributed by atoms with Crippen molar-refractivity contribution in [3.05, 3.63) is 161 Å². The van der Waals surface area contributed by atoms with E-state index in [1.54, 1.807) is 0 Å². The van der Waals surface area contributed by atoms with E-state index in [4.69, 9.17) is 5.73 Å². The second-order valence-electron chi connectivity index (χ2n) is 9.33. The Morgan fingerprint density at radius 1 is 0.743 bits per heavy atom. The summed E-state index contributed by atoms with van der Waals surface area (Å²) >= 11 is 0. The second-order valence-corrected chi connectivity index (χ2v) is 9.33. The third-order valence-electron chi connectivity index (χ3n) is 7.42. The van der Waals surface area contributed by atoms with Crippen molar-refractivity contribution < 1.29 is 0 Å². The number of hydrogen-bond acceptors (Lipinski definition) is 2. The van der Waals surface area contributed by atoms with Gasteiger partial charge < -0.3 is 5.73 Å². The summed E-state index contributed by atoms with van der Waals surface area (Å²) in [6, 6.07) is 31.0. The molecule has 0 aliphatic heterocycles. The molecular formula is C33H28N2. The maximum atomic E-state index is 6.33. The van der Waals surface area contributed by atoms with Gasteiger partial charge in [0.2, 0.25) is 0 Å². The smallest absolute Gasteiger partial charge is 0.0728 e. The van der Waals surface area contributed by atoms with Gasteiger partial charge in [0.25, 0.3) is 0 Å². The van der Waals surface area contributed by atoms with Crippen molar-refractivity contribution in [3.8, 4) is 11.1 Å². The average molecular weight is 453 g/mol. The van der Waals surface area contributed by atoms with Crippen LogP contribution < -0.4 is 5.73 Å². The lowest BCUT2D eigenvalue weighted by Gasteiger charge is -2.33. The van der Waals surface area contributed by atoms with Crippen LogP contribution in [0.5, 0.6) is 0 Å². The molecule has 0 fully saturated rings. The molecule has 1 aromatic heterocycles. The number of pyridine rings is 1. The monoisotopic (exact) mass is 452 g/mol. The molecule has 2 N–H and O–H groups in total. The number of fused-ring (bicyclic) bond motifs is 3. The Morgan fingerprint density at radius 3 is 2.40 bits per heavy atom. The third-order valence-corrected chi connectivity index (χ3v) is 7.42. The van der Waals surface area contributed by atoms with E-state index in [1.807, 2.05) is 30.6 Å². The SMILES string of the molecule is NC1=C(CCc2ccc3c(c2)C(c2ccccc2)(c2cccnc2)c2ccccc2-3)CC=CC=C1. The molecule has 2 nitrogen and oxygen atoms in total. The van der Waals surface area contributed by atoms with Crippen LogP contribution in [0.15, 0.2) is 133 Å². The van der Waals surface area contributed by atoms with Gasteiger partial charge in [0.1, 0.15) is 0 Å². The molecule has 2 heteroatoms. The highest BCUT2D eigenvalue weighted by atomic mass is 14.6. The van der Waals surface area contributed by atoms with Crippen molar-refractivity contribution in [2.75, 3.05) is 0 Å². The molecule has 4 aromatic rings. The summed E-state index contributed by atoms with van der Waals surface area (Å²) in [7, 11) is 0. The minimum atomic E-state index is -0.399. The number of hydrogen-bond donors (Lipinski definition) is 1. The van der Waals surface area contributed by atoms with Crippen molar-refractivity contribution in [1.29, 1.82) is 0 Å². The topological polar surface area (TPSA) is 38.9 Å². The highest BCUT2D eigenvalue weighted by molar-refractivity contribution is 5.86. The van der Waals surface area contributed by atoms with Crippen LogP contribution in [0.1, 0.15) is 40.7 Å². The van der Waals surface area contributed by atoms with Crippen LogP contribution in [-0.4, -0.2) is 4.98 Å². The van der Waals surface area contributed by atoms with Crippen molar-refractivity contribution in [2.45, 2.75) is 24.7 Å². The van der Waals surface area contributed by atoms with Gasteiger partial charge in [-0.2, -0.15) is 0 Å². The largest absolute Gasteiger partial charge is 0.399 e. The fourth-order valence-corrected chi connectivity index (χ4v) is 5.77. The molecule has 0 radical (unpaired) electrons. The maximum Gasteiger partial charge on any atom is 0.0728 e. The van der Waals surface area contributed by atoms with Gasteiger partial charge in [-0.05, 0) is 75.9 Å². The molecule has 0 bridgehead atoms. The molecule has 0 saturated heterocycles. The summed E-state index contributed by atoms with van der Waals surface area (Å²) in [5.41, 5.74) is 17.2. The molecule has 6 rings (SSSR count). The first-order valence-corrected chi connectivity index (χ1v) is 12.3. The number of aryl methyl sites for hydroxylation is 1. The molecule has 1 atom stereocenters. The van der Waals surface area contributed by atoms with Crippen LogP contribution in [-0.2, 0) is 11.8 Å². The molecule has 170 valence electrons. The standard InChI is InChI=1S/C33H28N2/c34-32-16-6-1-3-10-25(32)19-17-24-18-20-29-28-14-7-8-15-30(28)33(31(29)22-24,26-11-4-2-5-12-26)27-13-9-21-35-23-27/h1-9,11-16,18,20-23H,10,17,19,34H2. The van der Waals surface area contributed by atoms with Gasteiger partial charge in [0, 0.05) is 18.1 Å². The molecule has 0 spiro atoms. The zero-order valence-corrected chi connectivity index (χ0v) is 19.7. The Morgan fingerprint density at radius 2 is 1.54 bits per heavy atom. The zero-order valence-electron chi connectivity index (χ0n) is 19.7. The fraction of sp³-hybridized carbons (Fsp3) is 0.121. The predicted octanol–water partition coefficient (Wildman–Crippen LogP) is 7.11. The van der Waals surface area contributed by atoms with E-state index in [-0.39, 0.29) is 0 Å². The van der Waals surface area contributed by atoms with Gasteiger partial charge in [0.15, 0.2) is 0 Å². The molecule has 1 unspecified atom stereocenters. The van der Waals surface area contributed by atoms with E-state index in [0.717, 1.165) is 25.0 Å². The van der Waals surface area contributed by atoms with Crippen LogP contribution >= 0.6 is 0 Å². The molecule has 2 aliphatic rings. The minimum Gasteiger partial charge on any atom is -0.399 e. The highest BCUT2D eigenvalue weighted by Gasteiger charge is 2.46. The number of nitrogens with two attached hydrogens (primary N) is 1. The van der Waals surface area contributed by atoms with Crippen LogP contribution in [0.25, 0.3) is 11.1 Å². The van der Waals surface area contributed by atoms with E-state index in [9.17, 15) is 0 Å². The van der Waals surface area contributed by atoms with Gasteiger partial charge in [-0.3, -0.25) is 4.98 Å². The first-order valence-electron chi connectivity index (χ1n) is 12.3. The summed E-state index contributed by atoms with van der Waals surface area (Å²) in [6.07, 6.45) is 15.0. The second kappa shape index (κ2) is 8.88. The van der Waals surface area contributed by atoms with Gasteiger partial charge in [-0.25, -0.2) is 0 Å². The van der Waals surface area contributed by atoms with Gasteiger partial charge in [-0.15, -0.1) is 0 Å². The fourth-order valence-electron chi connectivity index (χ4n) is 5.77. The number of nitrogens with zero attached hydrogens (tertiary/aromatic N) is 1. The van der Waals surface area contributed by atoms with Gasteiger partial charge >= 0.3 is 0 Å². The van der Waals surface area contributed by atoms with E-state index < -0.39 is 5.41 Å². The Hall–Kier alpha value is -4.17. The van der Waals surface area contributed by atoms with Crippen molar-refractivity contribution in [3.63, 3.8) is 0 Å². The summed E-state index contributed by atoms with van der Waals surface area (Å²) < 4.78 is 0. The molecule has 35 heavy (non-hydrogen) atoms. The Bertz CT molecular complexity index is 1420. The lowest BCUT2D eigenvalue weighted by atomic mass is 9.68. The molecular weight excluding hydrogens is 424 g/mol. The number of aromatic nitrogens is 1. The first kappa shape index (κ1) is 21.4. The van der Waals surface area contributed by atoms with Crippen LogP contribution in [0.3, 0.4) is 0 Å². The van der Waals surface area contributed by atoms with E-state index in [2.05, 4.69) is 96.0 Å². The Balaban J connectivity index is 1.53. The zero-order chi connectivity index (χ0) is 23.7. The average Bonchev–Trinajstić information content (AvgIpc) is 3.05. The third kappa shape index (κ3) is 3.54. The summed E-state index contributed by atoms with van der Waals surface area (Å²) in [5.74, 6) is 0. The summed E-state index contributed by atoms with van der Waals surface area (Å²) in [4.78, 5) is 4.55. The summed E-state index contributed by atoms with van der Waals surface area (Å²) in [6.45, 7) is 0. The highest BCUT2D eigenvalue weighted by Crippen LogP contribution is 2.56. The van der Waals surface area contributed by atoms with Crippen molar-refractivity contribution in [1.82, 2.24) is 4.98 Å². The van der Waals surface area contributed by atoms with Crippen LogP contribution in [0.4, 0.5) is 0 Å². The number of allylic oxidation sites excluding steroid dienone is 5. The molecule has 0 amide bonds. The van der Waals surface area contributed by atoms with Crippen molar-refractivity contribution >= 4 is 0 Å². The van der Waals surface area contributed by atoms with Crippen LogP contribution in [0.2, 0.25) is 0 Å². The lowest BCUT2D eigenvalue weighted by Crippen LogP contribution is -2.28. The van der Waals surface area contributed by atoms with E-state index in [0.29, 0.717) is 0 Å².